The van der Waals surface area contributed by atoms with E-state index in [1.54, 1.807) is 0 Å². The van der Waals surface area contributed by atoms with Gasteiger partial charge in [-0.2, -0.15) is 0 Å². The Morgan fingerprint density at radius 3 is 1.98 bits per heavy atom. The van der Waals surface area contributed by atoms with Gasteiger partial charge in [0.1, 0.15) is 11.3 Å². The molecule has 0 unspecified atom stereocenters. The molecule has 1 aliphatic heterocycles. The van der Waals surface area contributed by atoms with E-state index < -0.39 is 0 Å². The molecule has 9 aromatic rings. The van der Waals surface area contributed by atoms with Crippen LogP contribution in [0.5, 0.6) is 11.5 Å². The maximum atomic E-state index is 6.75. The molecule has 0 saturated heterocycles. The Bertz CT molecular complexity index is 2660. The van der Waals surface area contributed by atoms with Gasteiger partial charge >= 0.3 is 0 Å². The number of hydrogen-bond donors (Lipinski definition) is 0. The van der Waals surface area contributed by atoms with Gasteiger partial charge < -0.3 is 9.15 Å². The highest BCUT2D eigenvalue weighted by Crippen LogP contribution is 2.57. The highest BCUT2D eigenvalue weighted by Gasteiger charge is 2.34. The smallest absolute Gasteiger partial charge is 0.236 e. The van der Waals surface area contributed by atoms with E-state index >= 15 is 0 Å². The van der Waals surface area contributed by atoms with E-state index in [9.17, 15) is 0 Å². The summed E-state index contributed by atoms with van der Waals surface area (Å²) in [5.74, 6) is 1.99. The van der Waals surface area contributed by atoms with E-state index in [2.05, 4.69) is 102 Å². The lowest BCUT2D eigenvalue weighted by atomic mass is 9.99. The Balaban J connectivity index is 1.27. The first-order valence-electron chi connectivity index (χ1n) is 15.7. The van der Waals surface area contributed by atoms with E-state index in [-0.39, 0.29) is 0 Å². The molecule has 5 heteroatoms. The molecule has 0 saturated carbocycles. The van der Waals surface area contributed by atoms with Crippen molar-refractivity contribution in [3.05, 3.63) is 152 Å². The van der Waals surface area contributed by atoms with Gasteiger partial charge in [0.2, 0.25) is 5.95 Å². The van der Waals surface area contributed by atoms with Crippen LogP contribution in [0.1, 0.15) is 0 Å². The molecule has 0 atom stereocenters. The Morgan fingerprint density at radius 1 is 0.489 bits per heavy atom. The third-order valence-electron chi connectivity index (χ3n) is 9.07. The monoisotopic (exact) mass is 603 g/mol. The molecule has 0 bridgehead atoms. The van der Waals surface area contributed by atoms with E-state index in [1.807, 2.05) is 54.6 Å². The van der Waals surface area contributed by atoms with Gasteiger partial charge in [0, 0.05) is 27.1 Å². The molecule has 0 fully saturated rings. The van der Waals surface area contributed by atoms with Gasteiger partial charge in [-0.05, 0) is 40.8 Å². The van der Waals surface area contributed by atoms with Gasteiger partial charge in [-0.25, -0.2) is 9.97 Å². The first-order valence-corrected chi connectivity index (χ1v) is 15.7. The number of furan rings is 1. The molecule has 1 aliphatic rings. The zero-order chi connectivity index (χ0) is 30.9. The molecule has 10 rings (SSSR count). The Kier molecular flexibility index (Phi) is 5.51. The van der Waals surface area contributed by atoms with Crippen LogP contribution < -0.4 is 9.64 Å². The summed E-state index contributed by atoms with van der Waals surface area (Å²) >= 11 is 0. The second kappa shape index (κ2) is 10.0. The minimum atomic E-state index is 0.542. The highest BCUT2D eigenvalue weighted by molar-refractivity contribution is 6.25. The Morgan fingerprint density at radius 2 is 1.13 bits per heavy atom. The third-order valence-corrected chi connectivity index (χ3v) is 9.07. The number of anilines is 3. The summed E-state index contributed by atoms with van der Waals surface area (Å²) in [6.45, 7) is 0. The molecular weight excluding hydrogens is 578 g/mol. The van der Waals surface area contributed by atoms with E-state index in [0.29, 0.717) is 5.95 Å². The summed E-state index contributed by atoms with van der Waals surface area (Å²) in [4.78, 5) is 12.7. The lowest BCUT2D eigenvalue weighted by Crippen LogP contribution is -2.19. The maximum Gasteiger partial charge on any atom is 0.236 e. The summed E-state index contributed by atoms with van der Waals surface area (Å²) in [6, 6.07) is 51.8. The van der Waals surface area contributed by atoms with Crippen LogP contribution in [0.4, 0.5) is 17.3 Å². The first kappa shape index (κ1) is 25.8. The van der Waals surface area contributed by atoms with Crippen molar-refractivity contribution < 1.29 is 9.15 Å². The standard InChI is InChI=1S/C42H25N3O2/c1-2-12-26(13-3-1)27-22-24-28(25-23-27)38-31-16-6-8-18-33(31)43-42(44-38)45-34-19-9-11-21-36(34)47-40-30-15-5-4-14-29(30)37-32-17-7-10-20-35(32)46-41(37)39(40)45/h1-25H. The van der Waals surface area contributed by atoms with Crippen molar-refractivity contribution >= 4 is 60.9 Å². The van der Waals surface area contributed by atoms with Gasteiger partial charge in [-0.3, -0.25) is 4.90 Å². The average molecular weight is 604 g/mol. The van der Waals surface area contributed by atoms with Crippen LogP contribution in [-0.2, 0) is 0 Å². The van der Waals surface area contributed by atoms with Crippen LogP contribution in [0, 0.1) is 0 Å². The number of para-hydroxylation sites is 4. The van der Waals surface area contributed by atoms with Crippen molar-refractivity contribution in [2.75, 3.05) is 4.90 Å². The summed E-state index contributed by atoms with van der Waals surface area (Å²) in [7, 11) is 0. The Hall–Kier alpha value is -6.46. The molecular formula is C42H25N3O2. The van der Waals surface area contributed by atoms with E-state index in [0.717, 1.165) is 83.3 Å². The summed E-state index contributed by atoms with van der Waals surface area (Å²) in [5.41, 5.74) is 8.24. The largest absolute Gasteiger partial charge is 0.454 e. The van der Waals surface area contributed by atoms with Gasteiger partial charge in [0.15, 0.2) is 17.1 Å². The van der Waals surface area contributed by atoms with Crippen molar-refractivity contribution in [1.82, 2.24) is 9.97 Å². The number of fused-ring (bicyclic) bond motifs is 10. The fraction of sp³-hybridized carbons (Fsp3) is 0. The molecule has 0 spiro atoms. The molecule has 0 amide bonds. The molecule has 0 aliphatic carbocycles. The van der Waals surface area contributed by atoms with Crippen LogP contribution in [0.25, 0.3) is 66.0 Å². The Labute approximate surface area is 269 Å². The number of nitrogens with zero attached hydrogens (tertiary/aromatic N) is 3. The summed E-state index contributed by atoms with van der Waals surface area (Å²) in [5, 5.41) is 5.15. The van der Waals surface area contributed by atoms with Crippen molar-refractivity contribution in [3.8, 4) is 33.9 Å². The van der Waals surface area contributed by atoms with Gasteiger partial charge in [-0.1, -0.05) is 127 Å². The van der Waals surface area contributed by atoms with Crippen LogP contribution in [-0.4, -0.2) is 9.97 Å². The SMILES string of the molecule is c1ccc(-c2ccc(-c3nc(N4c5ccccc5Oc5c4c4oc6ccccc6c4c4ccccc54)nc4ccccc34)cc2)cc1. The summed E-state index contributed by atoms with van der Waals surface area (Å²) < 4.78 is 13.5. The van der Waals surface area contributed by atoms with Gasteiger partial charge in [-0.15, -0.1) is 0 Å². The number of benzene rings is 7. The van der Waals surface area contributed by atoms with Crippen LogP contribution >= 0.6 is 0 Å². The topological polar surface area (TPSA) is 51.4 Å². The zero-order valence-electron chi connectivity index (χ0n) is 25.1. The molecule has 220 valence electrons. The molecule has 3 heterocycles. The fourth-order valence-corrected chi connectivity index (χ4v) is 6.92. The highest BCUT2D eigenvalue weighted by atomic mass is 16.5. The van der Waals surface area contributed by atoms with Crippen molar-refractivity contribution in [2.24, 2.45) is 0 Å². The molecule has 5 nitrogen and oxygen atoms in total. The number of rotatable bonds is 3. The number of ether oxygens (including phenoxy) is 1. The molecule has 47 heavy (non-hydrogen) atoms. The van der Waals surface area contributed by atoms with E-state index in [1.165, 1.54) is 5.56 Å². The second-order valence-corrected chi connectivity index (χ2v) is 11.8. The fourth-order valence-electron chi connectivity index (χ4n) is 6.92. The average Bonchev–Trinajstić information content (AvgIpc) is 3.54. The lowest BCUT2D eigenvalue weighted by molar-refractivity contribution is 0.481. The van der Waals surface area contributed by atoms with Crippen molar-refractivity contribution in [1.29, 1.82) is 0 Å². The van der Waals surface area contributed by atoms with Crippen molar-refractivity contribution in [2.45, 2.75) is 0 Å². The van der Waals surface area contributed by atoms with Crippen LogP contribution in [0.2, 0.25) is 0 Å². The predicted octanol–water partition coefficient (Wildman–Crippen LogP) is 11.6. The molecule has 0 radical (unpaired) electrons. The number of aromatic nitrogens is 2. The molecule has 7 aromatic carbocycles. The first-order chi connectivity index (χ1) is 23.3. The second-order valence-electron chi connectivity index (χ2n) is 11.8. The minimum absolute atomic E-state index is 0.542. The zero-order valence-corrected chi connectivity index (χ0v) is 25.1. The van der Waals surface area contributed by atoms with Crippen LogP contribution in [0.15, 0.2) is 156 Å². The van der Waals surface area contributed by atoms with Gasteiger partial charge in [0.05, 0.1) is 16.9 Å². The van der Waals surface area contributed by atoms with Crippen LogP contribution in [0.3, 0.4) is 0 Å². The quantitative estimate of drug-likeness (QED) is 0.201. The molecule has 2 aromatic heterocycles. The predicted molar refractivity (Wildman–Crippen MR) is 190 cm³/mol. The molecule has 0 N–H and O–H groups in total. The normalized spacial score (nSPS) is 12.4. The summed E-state index contributed by atoms with van der Waals surface area (Å²) in [6.07, 6.45) is 0. The minimum Gasteiger partial charge on any atom is -0.454 e. The third kappa shape index (κ3) is 3.90. The maximum absolute atomic E-state index is 6.75. The number of hydrogen-bond acceptors (Lipinski definition) is 5. The van der Waals surface area contributed by atoms with Gasteiger partial charge in [0.25, 0.3) is 0 Å². The van der Waals surface area contributed by atoms with E-state index in [4.69, 9.17) is 19.1 Å². The lowest BCUT2D eigenvalue weighted by Gasteiger charge is -2.32. The van der Waals surface area contributed by atoms with Crippen molar-refractivity contribution in [3.63, 3.8) is 0 Å².